The van der Waals surface area contributed by atoms with Gasteiger partial charge in [0.05, 0.1) is 17.5 Å². The van der Waals surface area contributed by atoms with Crippen molar-refractivity contribution in [2.24, 2.45) is 5.92 Å². The SMILES string of the molecule is C[C@@H](O)CN1CCC(CN(C)Cc2ccn(-c3ccccc3)n2)CC1. The monoisotopic (exact) mass is 342 g/mol. The number of aliphatic hydroxyl groups excluding tert-OH is 1. The second-order valence-electron chi connectivity index (χ2n) is 7.38. The zero-order chi connectivity index (χ0) is 17.6. The van der Waals surface area contributed by atoms with Crippen LogP contribution in [0.1, 0.15) is 25.5 Å². The predicted octanol–water partition coefficient (Wildman–Crippen LogP) is 2.40. The number of hydrogen-bond donors (Lipinski definition) is 1. The molecular formula is C20H30N4O. The molecule has 5 heteroatoms. The molecule has 1 saturated heterocycles. The Morgan fingerprint density at radius 2 is 1.92 bits per heavy atom. The van der Waals surface area contributed by atoms with Crippen molar-refractivity contribution < 1.29 is 5.11 Å². The molecule has 1 aliphatic rings. The van der Waals surface area contributed by atoms with E-state index in [2.05, 4.69) is 35.0 Å². The molecule has 0 saturated carbocycles. The Kier molecular flexibility index (Phi) is 6.24. The van der Waals surface area contributed by atoms with E-state index in [9.17, 15) is 5.11 Å². The summed E-state index contributed by atoms with van der Waals surface area (Å²) in [6.45, 7) is 6.88. The fraction of sp³-hybridized carbons (Fsp3) is 0.550. The summed E-state index contributed by atoms with van der Waals surface area (Å²) < 4.78 is 1.94. The van der Waals surface area contributed by atoms with Gasteiger partial charge >= 0.3 is 0 Å². The van der Waals surface area contributed by atoms with Gasteiger partial charge in [-0.25, -0.2) is 4.68 Å². The number of β-amino-alcohol motifs (C(OH)–C–C–N with tert-alkyl or cyclic N) is 1. The third-order valence-electron chi connectivity index (χ3n) is 4.90. The van der Waals surface area contributed by atoms with Crippen LogP contribution in [0.3, 0.4) is 0 Å². The van der Waals surface area contributed by atoms with Gasteiger partial charge in [-0.1, -0.05) is 18.2 Å². The smallest absolute Gasteiger partial charge is 0.0769 e. The molecule has 136 valence electrons. The molecule has 1 aromatic carbocycles. The molecule has 1 aliphatic heterocycles. The third-order valence-corrected chi connectivity index (χ3v) is 4.90. The molecule has 0 bridgehead atoms. The number of rotatable bonds is 7. The van der Waals surface area contributed by atoms with E-state index in [-0.39, 0.29) is 6.10 Å². The van der Waals surface area contributed by atoms with Gasteiger partial charge in [-0.15, -0.1) is 0 Å². The fourth-order valence-electron chi connectivity index (χ4n) is 3.68. The zero-order valence-electron chi connectivity index (χ0n) is 15.4. The second-order valence-corrected chi connectivity index (χ2v) is 7.38. The first-order valence-corrected chi connectivity index (χ1v) is 9.29. The number of para-hydroxylation sites is 1. The fourth-order valence-corrected chi connectivity index (χ4v) is 3.68. The van der Waals surface area contributed by atoms with Gasteiger partial charge in [0.2, 0.25) is 0 Å². The molecular weight excluding hydrogens is 312 g/mol. The Balaban J connectivity index is 1.46. The Morgan fingerprint density at radius 3 is 2.60 bits per heavy atom. The molecule has 1 fully saturated rings. The summed E-state index contributed by atoms with van der Waals surface area (Å²) in [5, 5.41) is 14.2. The van der Waals surface area contributed by atoms with Crippen LogP contribution in [0.25, 0.3) is 5.69 Å². The van der Waals surface area contributed by atoms with E-state index in [1.165, 1.54) is 12.8 Å². The topological polar surface area (TPSA) is 44.5 Å². The number of aromatic nitrogens is 2. The summed E-state index contributed by atoms with van der Waals surface area (Å²) in [5.41, 5.74) is 2.21. The largest absolute Gasteiger partial charge is 0.392 e. The predicted molar refractivity (Wildman–Crippen MR) is 101 cm³/mol. The van der Waals surface area contributed by atoms with Crippen LogP contribution in [0.5, 0.6) is 0 Å². The van der Waals surface area contributed by atoms with Crippen molar-refractivity contribution in [3.05, 3.63) is 48.3 Å². The molecule has 1 aromatic heterocycles. The third kappa shape index (κ3) is 5.39. The molecule has 0 amide bonds. The van der Waals surface area contributed by atoms with Crippen molar-refractivity contribution in [3.63, 3.8) is 0 Å². The first-order chi connectivity index (χ1) is 12.1. The van der Waals surface area contributed by atoms with Crippen LogP contribution < -0.4 is 0 Å². The maximum Gasteiger partial charge on any atom is 0.0769 e. The highest BCUT2D eigenvalue weighted by Crippen LogP contribution is 2.19. The molecule has 0 unspecified atom stereocenters. The van der Waals surface area contributed by atoms with Crippen LogP contribution in [-0.2, 0) is 6.54 Å². The highest BCUT2D eigenvalue weighted by atomic mass is 16.3. The summed E-state index contributed by atoms with van der Waals surface area (Å²) in [6.07, 6.45) is 4.25. The Morgan fingerprint density at radius 1 is 1.20 bits per heavy atom. The van der Waals surface area contributed by atoms with Crippen molar-refractivity contribution >= 4 is 0 Å². The van der Waals surface area contributed by atoms with Crippen LogP contribution in [0.15, 0.2) is 42.6 Å². The quantitative estimate of drug-likeness (QED) is 0.839. The molecule has 1 atom stereocenters. The standard InChI is InChI=1S/C20H30N4O/c1-17(25)14-23-11-8-18(9-12-23)15-22(2)16-19-10-13-24(21-19)20-6-4-3-5-7-20/h3-7,10,13,17-18,25H,8-9,11-12,14-16H2,1-2H3/t17-/m1/s1. The minimum Gasteiger partial charge on any atom is -0.392 e. The van der Waals surface area contributed by atoms with E-state index in [1.54, 1.807) is 0 Å². The van der Waals surface area contributed by atoms with Crippen molar-refractivity contribution in [1.29, 1.82) is 0 Å². The van der Waals surface area contributed by atoms with Gasteiger partial charge in [0.15, 0.2) is 0 Å². The Hall–Kier alpha value is -1.69. The second kappa shape index (κ2) is 8.61. The number of benzene rings is 1. The molecule has 5 nitrogen and oxygen atoms in total. The molecule has 2 heterocycles. The lowest BCUT2D eigenvalue weighted by atomic mass is 9.96. The van der Waals surface area contributed by atoms with Crippen LogP contribution in [0.4, 0.5) is 0 Å². The molecule has 0 aliphatic carbocycles. The molecule has 2 aromatic rings. The number of piperidine rings is 1. The lowest BCUT2D eigenvalue weighted by molar-refractivity contribution is 0.0918. The maximum absolute atomic E-state index is 9.51. The molecule has 0 radical (unpaired) electrons. The highest BCUT2D eigenvalue weighted by molar-refractivity contribution is 5.30. The van der Waals surface area contributed by atoms with Gasteiger partial charge in [-0.2, -0.15) is 5.10 Å². The van der Waals surface area contributed by atoms with E-state index in [0.717, 1.165) is 50.0 Å². The Bertz CT molecular complexity index is 632. The van der Waals surface area contributed by atoms with Gasteiger partial charge < -0.3 is 14.9 Å². The lowest BCUT2D eigenvalue weighted by Gasteiger charge is -2.34. The van der Waals surface area contributed by atoms with Crippen LogP contribution in [0.2, 0.25) is 0 Å². The van der Waals surface area contributed by atoms with Crippen molar-refractivity contribution in [2.75, 3.05) is 33.2 Å². The summed E-state index contributed by atoms with van der Waals surface area (Å²) in [6, 6.07) is 12.3. The van der Waals surface area contributed by atoms with Gasteiger partial charge in [-0.3, -0.25) is 0 Å². The summed E-state index contributed by atoms with van der Waals surface area (Å²) >= 11 is 0. The van der Waals surface area contributed by atoms with E-state index < -0.39 is 0 Å². The number of nitrogens with zero attached hydrogens (tertiary/aromatic N) is 4. The normalized spacial score (nSPS) is 17.9. The number of likely N-dealkylation sites (tertiary alicyclic amines) is 1. The summed E-state index contributed by atoms with van der Waals surface area (Å²) in [7, 11) is 2.18. The highest BCUT2D eigenvalue weighted by Gasteiger charge is 2.21. The first-order valence-electron chi connectivity index (χ1n) is 9.29. The minimum atomic E-state index is -0.223. The summed E-state index contributed by atoms with van der Waals surface area (Å²) in [4.78, 5) is 4.76. The van der Waals surface area contributed by atoms with Crippen molar-refractivity contribution in [1.82, 2.24) is 19.6 Å². The van der Waals surface area contributed by atoms with Gasteiger partial charge in [0.25, 0.3) is 0 Å². The van der Waals surface area contributed by atoms with Crippen LogP contribution >= 0.6 is 0 Å². The number of aliphatic hydroxyl groups is 1. The van der Waals surface area contributed by atoms with Crippen molar-refractivity contribution in [3.8, 4) is 5.69 Å². The Labute approximate surface area is 150 Å². The van der Waals surface area contributed by atoms with E-state index in [1.807, 2.05) is 36.0 Å². The van der Waals surface area contributed by atoms with Crippen LogP contribution in [-0.4, -0.2) is 64.0 Å². The van der Waals surface area contributed by atoms with E-state index in [4.69, 9.17) is 5.10 Å². The molecule has 1 N–H and O–H groups in total. The van der Waals surface area contributed by atoms with E-state index in [0.29, 0.717) is 0 Å². The number of hydrogen-bond acceptors (Lipinski definition) is 4. The average molecular weight is 342 g/mol. The zero-order valence-corrected chi connectivity index (χ0v) is 15.4. The molecule has 0 spiro atoms. The van der Waals surface area contributed by atoms with Gasteiger partial charge in [0, 0.05) is 25.8 Å². The maximum atomic E-state index is 9.51. The molecule has 3 rings (SSSR count). The molecule has 25 heavy (non-hydrogen) atoms. The van der Waals surface area contributed by atoms with Crippen LogP contribution in [0, 0.1) is 5.92 Å². The average Bonchev–Trinajstić information content (AvgIpc) is 3.05. The summed E-state index contributed by atoms with van der Waals surface area (Å²) in [5.74, 6) is 0.742. The lowest BCUT2D eigenvalue weighted by Crippen LogP contribution is -2.40. The van der Waals surface area contributed by atoms with Crippen molar-refractivity contribution in [2.45, 2.75) is 32.4 Å². The van der Waals surface area contributed by atoms with Gasteiger partial charge in [-0.05, 0) is 64.0 Å². The van der Waals surface area contributed by atoms with E-state index >= 15 is 0 Å². The van der Waals surface area contributed by atoms with Gasteiger partial charge in [0.1, 0.15) is 0 Å². The first kappa shape index (κ1) is 18.1. The minimum absolute atomic E-state index is 0.223.